The Morgan fingerprint density at radius 2 is 1.06 bits per heavy atom. The maximum Gasteiger partial charge on any atom is 0.460 e. The van der Waals surface area contributed by atoms with Gasteiger partial charge in [0.2, 0.25) is 0 Å². The van der Waals surface area contributed by atoms with Gasteiger partial charge in [-0.3, -0.25) is 4.79 Å². The van der Waals surface area contributed by atoms with Gasteiger partial charge in [0.05, 0.1) is 0 Å². The standard InChI is InChI=1S/C14H8F15N2O2/c1-5-3-4-6(30(5)2)7(32)31(33)14(28,29)12(23,24)10(19,20)8(15,16)9(17,18)11(21,22)13(25,26)27/h3-4H,1-2H3. The van der Waals surface area contributed by atoms with Gasteiger partial charge in [0.15, 0.2) is 0 Å². The third-order valence-electron chi connectivity index (χ3n) is 4.34. The first-order valence-corrected chi connectivity index (χ1v) is 7.72. The van der Waals surface area contributed by atoms with E-state index < -0.39 is 58.5 Å². The predicted octanol–water partition coefficient (Wildman–Crippen LogP) is 5.45. The van der Waals surface area contributed by atoms with Gasteiger partial charge in [-0.15, -0.1) is 5.06 Å². The number of amides is 1. The van der Waals surface area contributed by atoms with Crippen molar-refractivity contribution in [2.75, 3.05) is 0 Å². The quantitative estimate of drug-likeness (QED) is 0.268. The number of hydroxylamine groups is 2. The van der Waals surface area contributed by atoms with Crippen molar-refractivity contribution in [3.05, 3.63) is 23.5 Å². The van der Waals surface area contributed by atoms with E-state index in [-0.39, 0.29) is 5.69 Å². The van der Waals surface area contributed by atoms with Crippen molar-refractivity contribution in [3.8, 4) is 0 Å². The number of alkyl halides is 15. The average Bonchev–Trinajstić information content (AvgIpc) is 2.97. The molecule has 191 valence electrons. The van der Waals surface area contributed by atoms with Crippen molar-refractivity contribution in [3.63, 3.8) is 0 Å². The molecule has 33 heavy (non-hydrogen) atoms. The zero-order valence-corrected chi connectivity index (χ0v) is 15.5. The Balaban J connectivity index is 3.60. The second-order valence-electron chi connectivity index (χ2n) is 6.43. The van der Waals surface area contributed by atoms with Crippen LogP contribution in [-0.2, 0) is 12.3 Å². The molecule has 1 heterocycles. The molecule has 0 bridgehead atoms. The maximum atomic E-state index is 13.8. The van der Waals surface area contributed by atoms with Crippen LogP contribution in [-0.4, -0.2) is 57.4 Å². The van der Waals surface area contributed by atoms with Crippen molar-refractivity contribution < 1.29 is 75.9 Å². The van der Waals surface area contributed by atoms with Crippen molar-refractivity contribution in [1.29, 1.82) is 0 Å². The molecular formula is C14H8F15N2O2. The molecule has 0 saturated heterocycles. The van der Waals surface area contributed by atoms with E-state index in [9.17, 15) is 75.9 Å². The highest BCUT2D eigenvalue weighted by Gasteiger charge is 2.94. The van der Waals surface area contributed by atoms with E-state index in [2.05, 4.69) is 0 Å². The van der Waals surface area contributed by atoms with Crippen LogP contribution in [0.5, 0.6) is 0 Å². The van der Waals surface area contributed by atoms with E-state index in [1.54, 1.807) is 0 Å². The van der Waals surface area contributed by atoms with Gasteiger partial charge in [-0.25, -0.2) is 0 Å². The molecule has 0 aromatic carbocycles. The van der Waals surface area contributed by atoms with E-state index in [4.69, 9.17) is 0 Å². The number of rotatable bonds is 7. The van der Waals surface area contributed by atoms with Gasteiger partial charge in [0.1, 0.15) is 5.69 Å². The van der Waals surface area contributed by atoms with Crippen LogP contribution in [0.2, 0.25) is 0 Å². The largest absolute Gasteiger partial charge is 0.460 e. The fourth-order valence-electron chi connectivity index (χ4n) is 2.15. The zero-order valence-electron chi connectivity index (χ0n) is 15.5. The first-order valence-electron chi connectivity index (χ1n) is 7.72. The highest BCUT2D eigenvalue weighted by molar-refractivity contribution is 5.92. The number of hydrogen-bond acceptors (Lipinski definition) is 1. The summed E-state index contributed by atoms with van der Waals surface area (Å²) in [7, 11) is 0.842. The lowest BCUT2D eigenvalue weighted by Crippen LogP contribution is -2.74. The highest BCUT2D eigenvalue weighted by Crippen LogP contribution is 2.62. The maximum absolute atomic E-state index is 13.8. The molecule has 0 aliphatic rings. The third-order valence-corrected chi connectivity index (χ3v) is 4.34. The Labute approximate surface area is 172 Å². The third kappa shape index (κ3) is 3.67. The van der Waals surface area contributed by atoms with E-state index in [1.807, 2.05) is 0 Å². The van der Waals surface area contributed by atoms with Crippen molar-refractivity contribution in [2.24, 2.45) is 7.05 Å². The number of hydrogen-bond donors (Lipinski definition) is 0. The summed E-state index contributed by atoms with van der Waals surface area (Å²) in [4.78, 5) is 11.7. The monoisotopic (exact) mass is 521 g/mol. The molecule has 1 amide bonds. The van der Waals surface area contributed by atoms with Crippen molar-refractivity contribution in [2.45, 2.75) is 48.8 Å². The minimum atomic E-state index is -8.54. The van der Waals surface area contributed by atoms with Crippen LogP contribution in [0.25, 0.3) is 0 Å². The van der Waals surface area contributed by atoms with Crippen LogP contribution in [0.15, 0.2) is 12.1 Å². The summed E-state index contributed by atoms with van der Waals surface area (Å²) >= 11 is 0. The molecule has 0 spiro atoms. The molecule has 0 saturated carbocycles. The Bertz CT molecular complexity index is 903. The average molecular weight is 521 g/mol. The summed E-state index contributed by atoms with van der Waals surface area (Å²) in [6.45, 7) is 1.14. The fourth-order valence-corrected chi connectivity index (χ4v) is 2.15. The van der Waals surface area contributed by atoms with Gasteiger partial charge < -0.3 is 4.57 Å². The first-order chi connectivity index (χ1) is 14.2. The molecule has 4 nitrogen and oxygen atoms in total. The van der Waals surface area contributed by atoms with Crippen LogP contribution < -0.4 is 0 Å². The van der Waals surface area contributed by atoms with E-state index >= 15 is 0 Å². The van der Waals surface area contributed by atoms with E-state index in [0.717, 1.165) is 20.0 Å². The summed E-state index contributed by atoms with van der Waals surface area (Å²) in [5.41, 5.74) is -1.27. The minimum absolute atomic E-state index is 0.0345. The molecule has 1 aromatic heterocycles. The van der Waals surface area contributed by atoms with Gasteiger partial charge in [0.25, 0.3) is 0 Å². The summed E-state index contributed by atoms with van der Waals surface area (Å²) < 4.78 is 197. The van der Waals surface area contributed by atoms with Gasteiger partial charge in [-0.05, 0) is 19.1 Å². The molecule has 1 radical (unpaired) electrons. The molecule has 0 aliphatic heterocycles. The van der Waals surface area contributed by atoms with Crippen LogP contribution in [0.4, 0.5) is 65.9 Å². The molecule has 19 heteroatoms. The zero-order chi connectivity index (χ0) is 26.8. The van der Waals surface area contributed by atoms with Crippen molar-refractivity contribution in [1.82, 2.24) is 9.63 Å². The topological polar surface area (TPSA) is 45.1 Å². The predicted molar refractivity (Wildman–Crippen MR) is 72.7 cm³/mol. The van der Waals surface area contributed by atoms with Crippen LogP contribution in [0, 0.1) is 6.92 Å². The molecule has 0 unspecified atom stereocenters. The number of halogens is 15. The van der Waals surface area contributed by atoms with Crippen molar-refractivity contribution >= 4 is 5.91 Å². The summed E-state index contributed by atoms with van der Waals surface area (Å²) in [6, 6.07) is -5.99. The Hall–Kier alpha value is -2.34. The van der Waals surface area contributed by atoms with Gasteiger partial charge in [0, 0.05) is 12.7 Å². The summed E-state index contributed by atoms with van der Waals surface area (Å²) in [5.74, 6) is -44.5. The number of aromatic nitrogens is 1. The molecular weight excluding hydrogens is 513 g/mol. The van der Waals surface area contributed by atoms with E-state index in [0.29, 0.717) is 10.6 Å². The lowest BCUT2D eigenvalue weighted by Gasteiger charge is -2.41. The Morgan fingerprint density at radius 1 is 0.697 bits per heavy atom. The van der Waals surface area contributed by atoms with E-state index in [1.165, 1.54) is 0 Å². The van der Waals surface area contributed by atoms with Gasteiger partial charge in [-0.1, -0.05) is 5.21 Å². The molecule has 1 rings (SSSR count). The summed E-state index contributed by atoms with van der Waals surface area (Å²) in [5, 5.41) is 8.56. The Kier molecular flexibility index (Phi) is 6.60. The number of carbonyl (C=O) groups excluding carboxylic acids is 1. The first kappa shape index (κ1) is 28.7. The number of aryl methyl sites for hydroxylation is 1. The molecule has 0 aliphatic carbocycles. The number of nitrogens with zero attached hydrogens (tertiary/aromatic N) is 2. The van der Waals surface area contributed by atoms with Crippen LogP contribution >= 0.6 is 0 Å². The molecule has 1 aromatic rings. The SMILES string of the molecule is Cc1ccc(C(=O)N([O])C(F)(F)C(F)(F)C(F)(F)C(F)(F)C(F)(F)C(F)(F)C(F)(F)F)n1C. The lowest BCUT2D eigenvalue weighted by atomic mass is 9.93. The second-order valence-corrected chi connectivity index (χ2v) is 6.43. The lowest BCUT2D eigenvalue weighted by molar-refractivity contribution is -0.471. The fraction of sp³-hybridized carbons (Fsp3) is 0.643. The second kappa shape index (κ2) is 7.59. The molecule has 0 N–H and O–H groups in total. The van der Waals surface area contributed by atoms with Crippen LogP contribution in [0.1, 0.15) is 16.2 Å². The smallest absolute Gasteiger partial charge is 0.344 e. The minimum Gasteiger partial charge on any atom is -0.344 e. The summed E-state index contributed by atoms with van der Waals surface area (Å²) in [6.07, 6.45) is -7.74. The highest BCUT2D eigenvalue weighted by atomic mass is 19.4. The normalized spacial score (nSPS) is 15.1. The molecule has 0 atom stereocenters. The van der Waals surface area contributed by atoms with Gasteiger partial charge in [-0.2, -0.15) is 65.9 Å². The van der Waals surface area contributed by atoms with Gasteiger partial charge >= 0.3 is 47.7 Å². The number of carbonyl (C=O) groups is 1. The molecule has 0 fully saturated rings. The Morgan fingerprint density at radius 3 is 1.39 bits per heavy atom. The van der Waals surface area contributed by atoms with Crippen LogP contribution in [0.3, 0.4) is 0 Å².